The minimum atomic E-state index is 0.210. The van der Waals surface area contributed by atoms with Gasteiger partial charge in [0.25, 0.3) is 0 Å². The standard InChI is InChI=1S/C10H17NO/c1-9(2)10(12)5-8-11-6-3-4-7-11/h1,3-8H2,2H3. The molecule has 1 heterocycles. The van der Waals surface area contributed by atoms with Gasteiger partial charge in [0, 0.05) is 13.0 Å². The summed E-state index contributed by atoms with van der Waals surface area (Å²) in [5.74, 6) is 0.210. The summed E-state index contributed by atoms with van der Waals surface area (Å²) in [5.41, 5.74) is 0.689. The van der Waals surface area contributed by atoms with Crippen molar-refractivity contribution in [1.82, 2.24) is 4.90 Å². The topological polar surface area (TPSA) is 20.3 Å². The van der Waals surface area contributed by atoms with Gasteiger partial charge in [-0.15, -0.1) is 0 Å². The Morgan fingerprint density at radius 3 is 2.50 bits per heavy atom. The molecule has 1 fully saturated rings. The summed E-state index contributed by atoms with van der Waals surface area (Å²) in [6.07, 6.45) is 3.23. The Hall–Kier alpha value is -0.630. The van der Waals surface area contributed by atoms with Gasteiger partial charge < -0.3 is 4.90 Å². The molecule has 2 heteroatoms. The first-order chi connectivity index (χ1) is 5.70. The summed E-state index contributed by atoms with van der Waals surface area (Å²) in [4.78, 5) is 13.5. The third-order valence-electron chi connectivity index (χ3n) is 2.33. The first kappa shape index (κ1) is 9.46. The van der Waals surface area contributed by atoms with E-state index in [1.165, 1.54) is 25.9 Å². The lowest BCUT2D eigenvalue weighted by Crippen LogP contribution is -2.22. The number of allylic oxidation sites excluding steroid dienone is 1. The second kappa shape index (κ2) is 4.41. The third-order valence-corrected chi connectivity index (χ3v) is 2.33. The average Bonchev–Trinajstić information content (AvgIpc) is 2.51. The fraction of sp³-hybridized carbons (Fsp3) is 0.700. The lowest BCUT2D eigenvalue weighted by atomic mass is 10.1. The van der Waals surface area contributed by atoms with Crippen LogP contribution in [-0.2, 0) is 4.79 Å². The molecular weight excluding hydrogens is 150 g/mol. The number of Topliss-reactive ketones (excluding diaryl/α,β-unsaturated/α-hetero) is 1. The molecule has 0 aliphatic carbocycles. The molecule has 2 nitrogen and oxygen atoms in total. The molecule has 0 atom stereocenters. The molecule has 1 rings (SSSR count). The van der Waals surface area contributed by atoms with E-state index in [1.54, 1.807) is 6.92 Å². The van der Waals surface area contributed by atoms with Gasteiger partial charge in [-0.25, -0.2) is 0 Å². The van der Waals surface area contributed by atoms with Crippen LogP contribution in [0, 0.1) is 0 Å². The number of ketones is 1. The maximum absolute atomic E-state index is 11.2. The maximum Gasteiger partial charge on any atom is 0.159 e. The lowest BCUT2D eigenvalue weighted by molar-refractivity contribution is -0.115. The molecule has 0 N–H and O–H groups in total. The van der Waals surface area contributed by atoms with Crippen molar-refractivity contribution in [3.63, 3.8) is 0 Å². The summed E-state index contributed by atoms with van der Waals surface area (Å²) in [6, 6.07) is 0. The van der Waals surface area contributed by atoms with E-state index in [0.29, 0.717) is 12.0 Å². The molecule has 0 spiro atoms. The van der Waals surface area contributed by atoms with Crippen molar-refractivity contribution in [2.45, 2.75) is 26.2 Å². The number of nitrogens with zero attached hydrogens (tertiary/aromatic N) is 1. The molecule has 0 saturated carbocycles. The van der Waals surface area contributed by atoms with E-state index < -0.39 is 0 Å². The van der Waals surface area contributed by atoms with Crippen LogP contribution in [0.4, 0.5) is 0 Å². The highest BCUT2D eigenvalue weighted by molar-refractivity contribution is 5.94. The van der Waals surface area contributed by atoms with Gasteiger partial charge in [0.2, 0.25) is 0 Å². The van der Waals surface area contributed by atoms with Gasteiger partial charge in [0.1, 0.15) is 0 Å². The first-order valence-corrected chi connectivity index (χ1v) is 4.61. The predicted molar refractivity (Wildman–Crippen MR) is 50.1 cm³/mol. The van der Waals surface area contributed by atoms with Crippen LogP contribution >= 0.6 is 0 Å². The zero-order valence-electron chi connectivity index (χ0n) is 7.81. The molecule has 0 unspecified atom stereocenters. The van der Waals surface area contributed by atoms with Gasteiger partial charge >= 0.3 is 0 Å². The molecule has 0 aromatic heterocycles. The zero-order valence-corrected chi connectivity index (χ0v) is 7.81. The van der Waals surface area contributed by atoms with Crippen molar-refractivity contribution in [1.29, 1.82) is 0 Å². The quantitative estimate of drug-likeness (QED) is 0.593. The Labute approximate surface area is 74.2 Å². The summed E-state index contributed by atoms with van der Waals surface area (Å²) in [5, 5.41) is 0. The SMILES string of the molecule is C=C(C)C(=O)CCN1CCCC1. The Bertz CT molecular complexity index is 180. The van der Waals surface area contributed by atoms with Crippen molar-refractivity contribution in [2.24, 2.45) is 0 Å². The number of hydrogen-bond donors (Lipinski definition) is 0. The van der Waals surface area contributed by atoms with E-state index in [2.05, 4.69) is 11.5 Å². The smallest absolute Gasteiger partial charge is 0.159 e. The van der Waals surface area contributed by atoms with Crippen LogP contribution < -0.4 is 0 Å². The van der Waals surface area contributed by atoms with Gasteiger partial charge in [-0.3, -0.25) is 4.79 Å². The molecule has 1 saturated heterocycles. The van der Waals surface area contributed by atoms with Crippen molar-refractivity contribution < 1.29 is 4.79 Å². The van der Waals surface area contributed by atoms with Crippen LogP contribution in [0.1, 0.15) is 26.2 Å². The Kier molecular flexibility index (Phi) is 3.48. The molecule has 12 heavy (non-hydrogen) atoms. The monoisotopic (exact) mass is 167 g/mol. The number of carbonyl (C=O) groups excluding carboxylic acids is 1. The second-order valence-electron chi connectivity index (χ2n) is 3.50. The van der Waals surface area contributed by atoms with Crippen LogP contribution in [0.2, 0.25) is 0 Å². The summed E-state index contributed by atoms with van der Waals surface area (Å²) in [7, 11) is 0. The normalized spacial score (nSPS) is 18.1. The highest BCUT2D eigenvalue weighted by atomic mass is 16.1. The van der Waals surface area contributed by atoms with Crippen LogP contribution in [-0.4, -0.2) is 30.3 Å². The summed E-state index contributed by atoms with van der Waals surface area (Å²) < 4.78 is 0. The fourth-order valence-electron chi connectivity index (χ4n) is 1.48. The van der Waals surface area contributed by atoms with Crippen molar-refractivity contribution in [2.75, 3.05) is 19.6 Å². The lowest BCUT2D eigenvalue weighted by Gasteiger charge is -2.13. The van der Waals surface area contributed by atoms with Crippen LogP contribution in [0.25, 0.3) is 0 Å². The Morgan fingerprint density at radius 2 is 2.00 bits per heavy atom. The molecule has 0 aromatic rings. The zero-order chi connectivity index (χ0) is 8.97. The van der Waals surface area contributed by atoms with Crippen LogP contribution in [0.3, 0.4) is 0 Å². The molecule has 0 bridgehead atoms. The van der Waals surface area contributed by atoms with Gasteiger partial charge in [-0.1, -0.05) is 6.58 Å². The van der Waals surface area contributed by atoms with Crippen molar-refractivity contribution >= 4 is 5.78 Å². The maximum atomic E-state index is 11.2. The van der Waals surface area contributed by atoms with Gasteiger partial charge in [-0.05, 0) is 38.4 Å². The summed E-state index contributed by atoms with van der Waals surface area (Å²) >= 11 is 0. The highest BCUT2D eigenvalue weighted by Gasteiger charge is 2.12. The second-order valence-corrected chi connectivity index (χ2v) is 3.50. The number of rotatable bonds is 4. The average molecular weight is 167 g/mol. The Balaban J connectivity index is 2.16. The molecule has 1 aliphatic heterocycles. The molecule has 0 radical (unpaired) electrons. The van der Waals surface area contributed by atoms with E-state index in [4.69, 9.17) is 0 Å². The third kappa shape index (κ3) is 2.78. The number of hydrogen-bond acceptors (Lipinski definition) is 2. The van der Waals surface area contributed by atoms with Crippen molar-refractivity contribution in [3.8, 4) is 0 Å². The van der Waals surface area contributed by atoms with E-state index in [1.807, 2.05) is 0 Å². The van der Waals surface area contributed by atoms with Gasteiger partial charge in [0.05, 0.1) is 0 Å². The van der Waals surface area contributed by atoms with Crippen molar-refractivity contribution in [3.05, 3.63) is 12.2 Å². The minimum Gasteiger partial charge on any atom is -0.303 e. The molecular formula is C10H17NO. The van der Waals surface area contributed by atoms with Gasteiger partial charge in [0.15, 0.2) is 5.78 Å². The van der Waals surface area contributed by atoms with E-state index in [9.17, 15) is 4.79 Å². The van der Waals surface area contributed by atoms with E-state index in [-0.39, 0.29) is 5.78 Å². The van der Waals surface area contributed by atoms with E-state index >= 15 is 0 Å². The van der Waals surface area contributed by atoms with Gasteiger partial charge in [-0.2, -0.15) is 0 Å². The Morgan fingerprint density at radius 1 is 1.42 bits per heavy atom. The fourth-order valence-corrected chi connectivity index (χ4v) is 1.48. The van der Waals surface area contributed by atoms with E-state index in [0.717, 1.165) is 6.54 Å². The van der Waals surface area contributed by atoms with Crippen LogP contribution in [0.15, 0.2) is 12.2 Å². The predicted octanol–water partition coefficient (Wildman–Crippen LogP) is 1.62. The molecule has 68 valence electrons. The molecule has 0 aromatic carbocycles. The summed E-state index contributed by atoms with van der Waals surface area (Å²) in [6.45, 7) is 8.68. The number of likely N-dealkylation sites (tertiary alicyclic amines) is 1. The number of carbonyl (C=O) groups is 1. The largest absolute Gasteiger partial charge is 0.303 e. The van der Waals surface area contributed by atoms with Crippen LogP contribution in [0.5, 0.6) is 0 Å². The highest BCUT2D eigenvalue weighted by Crippen LogP contribution is 2.08. The minimum absolute atomic E-state index is 0.210. The molecule has 1 aliphatic rings. The molecule has 0 amide bonds. The first-order valence-electron chi connectivity index (χ1n) is 4.61.